The minimum absolute atomic E-state index is 0.0731. The summed E-state index contributed by atoms with van der Waals surface area (Å²) in [7, 11) is 0. The van der Waals surface area contributed by atoms with Gasteiger partial charge in [0.2, 0.25) is 0 Å². The first-order valence-electron chi connectivity index (χ1n) is 4.54. The van der Waals surface area contributed by atoms with Crippen molar-refractivity contribution >= 4 is 6.08 Å². The Bertz CT molecular complexity index is 324. The largest absolute Gasteiger partial charge is 0.435 e. The molecule has 2 nitrogen and oxygen atoms in total. The zero-order valence-electron chi connectivity index (χ0n) is 8.07. The third-order valence-electron chi connectivity index (χ3n) is 1.69. The van der Waals surface area contributed by atoms with Crippen molar-refractivity contribution in [2.24, 2.45) is 0 Å². The molecule has 0 bridgehead atoms. The number of rotatable bonds is 5. The Balaban J connectivity index is 2.65. The monoisotopic (exact) mass is 214 g/mol. The van der Waals surface area contributed by atoms with Crippen LogP contribution in [0.1, 0.15) is 12.0 Å². The minimum Gasteiger partial charge on any atom is -0.435 e. The molecule has 0 heterocycles. The Labute approximate surface area is 86.8 Å². The van der Waals surface area contributed by atoms with Gasteiger partial charge in [0.1, 0.15) is 5.75 Å². The van der Waals surface area contributed by atoms with Crippen molar-refractivity contribution in [2.75, 3.05) is 6.61 Å². The number of alkyl halides is 2. The van der Waals surface area contributed by atoms with E-state index >= 15 is 0 Å². The Morgan fingerprint density at radius 1 is 1.40 bits per heavy atom. The second-order valence-electron chi connectivity index (χ2n) is 2.87. The Kier molecular flexibility index (Phi) is 4.77. The molecule has 0 saturated carbocycles. The number of hydrogen-bond acceptors (Lipinski definition) is 2. The van der Waals surface area contributed by atoms with E-state index in [1.807, 2.05) is 0 Å². The number of halogens is 2. The van der Waals surface area contributed by atoms with Crippen LogP contribution in [0.25, 0.3) is 6.08 Å². The summed E-state index contributed by atoms with van der Waals surface area (Å²) < 4.78 is 28.0. The standard InChI is InChI=1S/C11H12F2O2/c12-11(13)15-10-6-3-5-9(8-10)4-1-2-7-14/h1,3-6,8,11,14H,2,7H2. The number of benzene rings is 1. The normalized spacial score (nSPS) is 11.2. The van der Waals surface area contributed by atoms with Gasteiger partial charge in [-0.3, -0.25) is 0 Å². The van der Waals surface area contributed by atoms with E-state index in [0.717, 1.165) is 5.56 Å². The lowest BCUT2D eigenvalue weighted by Crippen LogP contribution is -2.01. The van der Waals surface area contributed by atoms with E-state index in [4.69, 9.17) is 5.11 Å². The van der Waals surface area contributed by atoms with Gasteiger partial charge in [-0.1, -0.05) is 24.3 Å². The van der Waals surface area contributed by atoms with E-state index in [0.29, 0.717) is 6.42 Å². The van der Waals surface area contributed by atoms with E-state index in [1.165, 1.54) is 12.1 Å². The molecule has 0 aromatic heterocycles. The van der Waals surface area contributed by atoms with Crippen LogP contribution in [0, 0.1) is 0 Å². The van der Waals surface area contributed by atoms with Crippen molar-refractivity contribution in [3.05, 3.63) is 35.9 Å². The van der Waals surface area contributed by atoms with Gasteiger partial charge in [0.05, 0.1) is 0 Å². The topological polar surface area (TPSA) is 29.5 Å². The highest BCUT2D eigenvalue weighted by atomic mass is 19.3. The molecule has 82 valence electrons. The number of hydrogen-bond donors (Lipinski definition) is 1. The molecule has 1 rings (SSSR count). The van der Waals surface area contributed by atoms with Crippen molar-refractivity contribution in [1.29, 1.82) is 0 Å². The fraction of sp³-hybridized carbons (Fsp3) is 0.273. The van der Waals surface area contributed by atoms with Gasteiger partial charge < -0.3 is 9.84 Å². The molecule has 0 aliphatic carbocycles. The molecule has 0 saturated heterocycles. The first-order valence-corrected chi connectivity index (χ1v) is 4.54. The van der Waals surface area contributed by atoms with E-state index in [9.17, 15) is 8.78 Å². The molecule has 15 heavy (non-hydrogen) atoms. The van der Waals surface area contributed by atoms with Gasteiger partial charge in [0.25, 0.3) is 0 Å². The second-order valence-corrected chi connectivity index (χ2v) is 2.87. The molecule has 0 unspecified atom stereocenters. The SMILES string of the molecule is OCCC=Cc1cccc(OC(F)F)c1. The lowest BCUT2D eigenvalue weighted by molar-refractivity contribution is -0.0498. The van der Waals surface area contributed by atoms with Crippen LogP contribution in [0.4, 0.5) is 8.78 Å². The summed E-state index contributed by atoms with van der Waals surface area (Å²) in [6, 6.07) is 6.39. The third kappa shape index (κ3) is 4.56. The quantitative estimate of drug-likeness (QED) is 0.816. The van der Waals surface area contributed by atoms with Crippen LogP contribution < -0.4 is 4.74 Å². The second kappa shape index (κ2) is 6.14. The summed E-state index contributed by atoms with van der Waals surface area (Å²) in [4.78, 5) is 0. The zero-order chi connectivity index (χ0) is 11.1. The van der Waals surface area contributed by atoms with Gasteiger partial charge in [0, 0.05) is 6.61 Å². The van der Waals surface area contributed by atoms with E-state index in [-0.39, 0.29) is 12.4 Å². The molecule has 1 N–H and O–H groups in total. The van der Waals surface area contributed by atoms with Crippen molar-refractivity contribution < 1.29 is 18.6 Å². The van der Waals surface area contributed by atoms with Crippen LogP contribution in [0.15, 0.2) is 30.3 Å². The fourth-order valence-corrected chi connectivity index (χ4v) is 1.09. The van der Waals surface area contributed by atoms with Crippen LogP contribution in [0.2, 0.25) is 0 Å². The Hall–Kier alpha value is -1.42. The van der Waals surface area contributed by atoms with Crippen LogP contribution >= 0.6 is 0 Å². The molecule has 1 aromatic rings. The van der Waals surface area contributed by atoms with Crippen molar-refractivity contribution in [3.63, 3.8) is 0 Å². The first kappa shape index (κ1) is 11.7. The van der Waals surface area contributed by atoms with E-state index < -0.39 is 6.61 Å². The molecule has 0 fully saturated rings. The van der Waals surface area contributed by atoms with E-state index in [2.05, 4.69) is 4.74 Å². The lowest BCUT2D eigenvalue weighted by Gasteiger charge is -2.04. The molecule has 0 amide bonds. The minimum atomic E-state index is -2.80. The van der Waals surface area contributed by atoms with Gasteiger partial charge in [0.15, 0.2) is 0 Å². The molecule has 0 spiro atoms. The summed E-state index contributed by atoms with van der Waals surface area (Å²) in [5, 5.41) is 8.54. The van der Waals surface area contributed by atoms with Crippen molar-refractivity contribution in [1.82, 2.24) is 0 Å². The molecule has 0 aliphatic rings. The first-order chi connectivity index (χ1) is 7.22. The van der Waals surface area contributed by atoms with Crippen LogP contribution in [-0.2, 0) is 0 Å². The number of ether oxygens (including phenoxy) is 1. The maximum absolute atomic E-state index is 11.9. The van der Waals surface area contributed by atoms with Gasteiger partial charge >= 0.3 is 6.61 Å². The number of aliphatic hydroxyl groups is 1. The summed E-state index contributed by atoms with van der Waals surface area (Å²) in [6.45, 7) is -2.73. The van der Waals surface area contributed by atoms with Gasteiger partial charge in [-0.15, -0.1) is 0 Å². The van der Waals surface area contributed by atoms with Crippen molar-refractivity contribution in [3.8, 4) is 5.75 Å². The van der Waals surface area contributed by atoms with Crippen LogP contribution in [0.3, 0.4) is 0 Å². The highest BCUT2D eigenvalue weighted by Gasteiger charge is 2.03. The summed E-state index contributed by atoms with van der Waals surface area (Å²) in [5.74, 6) is 0.135. The van der Waals surface area contributed by atoms with Crippen LogP contribution in [0.5, 0.6) is 5.75 Å². The van der Waals surface area contributed by atoms with Gasteiger partial charge in [-0.2, -0.15) is 8.78 Å². The fourth-order valence-electron chi connectivity index (χ4n) is 1.09. The molecule has 0 radical (unpaired) electrons. The molecular formula is C11H12F2O2. The highest BCUT2D eigenvalue weighted by Crippen LogP contribution is 2.16. The summed E-state index contributed by atoms with van der Waals surface area (Å²) in [6.07, 6.45) is 4.05. The third-order valence-corrected chi connectivity index (χ3v) is 1.69. The lowest BCUT2D eigenvalue weighted by atomic mass is 10.2. The maximum atomic E-state index is 11.9. The average Bonchev–Trinajstić information content (AvgIpc) is 2.18. The summed E-state index contributed by atoms with van der Waals surface area (Å²) >= 11 is 0. The molecule has 0 aliphatic heterocycles. The van der Waals surface area contributed by atoms with E-state index in [1.54, 1.807) is 24.3 Å². The Morgan fingerprint density at radius 2 is 2.20 bits per heavy atom. The summed E-state index contributed by atoms with van der Waals surface area (Å²) in [5.41, 5.74) is 0.765. The molecule has 0 atom stereocenters. The predicted octanol–water partition coefficient (Wildman–Crippen LogP) is 2.68. The van der Waals surface area contributed by atoms with Crippen molar-refractivity contribution in [2.45, 2.75) is 13.0 Å². The number of aliphatic hydroxyl groups excluding tert-OH is 1. The highest BCUT2D eigenvalue weighted by molar-refractivity contribution is 5.51. The molecule has 1 aromatic carbocycles. The molecule has 4 heteroatoms. The zero-order valence-corrected chi connectivity index (χ0v) is 8.07. The average molecular weight is 214 g/mol. The van der Waals surface area contributed by atoms with Gasteiger partial charge in [-0.05, 0) is 24.1 Å². The predicted molar refractivity (Wildman–Crippen MR) is 53.8 cm³/mol. The molecular weight excluding hydrogens is 202 g/mol. The van der Waals surface area contributed by atoms with Crippen LogP contribution in [-0.4, -0.2) is 18.3 Å². The Morgan fingerprint density at radius 3 is 2.87 bits per heavy atom. The van der Waals surface area contributed by atoms with Gasteiger partial charge in [-0.25, -0.2) is 0 Å². The maximum Gasteiger partial charge on any atom is 0.387 e. The smallest absolute Gasteiger partial charge is 0.387 e.